The molecule has 1 aliphatic carbocycles. The summed E-state index contributed by atoms with van der Waals surface area (Å²) in [5.74, 6) is -1.66. The average Bonchev–Trinajstić information content (AvgIpc) is 2.49. The van der Waals surface area contributed by atoms with Gasteiger partial charge in [-0.2, -0.15) is 0 Å². The van der Waals surface area contributed by atoms with Gasteiger partial charge in [-0.05, 0) is 50.3 Å². The maximum Gasteiger partial charge on any atom is 0.306 e. The van der Waals surface area contributed by atoms with E-state index in [0.717, 1.165) is 11.8 Å². The smallest absolute Gasteiger partial charge is 0.306 e. The Labute approximate surface area is 141 Å². The van der Waals surface area contributed by atoms with Crippen molar-refractivity contribution in [2.45, 2.75) is 32.6 Å². The molecule has 0 saturated heterocycles. The molecule has 24 heavy (non-hydrogen) atoms. The van der Waals surface area contributed by atoms with Crippen LogP contribution < -0.4 is 10.0 Å². The maximum absolute atomic E-state index is 12.4. The van der Waals surface area contributed by atoms with Crippen molar-refractivity contribution in [2.24, 2.45) is 11.8 Å². The molecule has 0 heterocycles. The van der Waals surface area contributed by atoms with Crippen molar-refractivity contribution in [1.82, 2.24) is 0 Å². The van der Waals surface area contributed by atoms with Gasteiger partial charge in [0.2, 0.25) is 15.9 Å². The van der Waals surface area contributed by atoms with Crippen molar-refractivity contribution in [3.05, 3.63) is 23.8 Å². The van der Waals surface area contributed by atoms with Crippen LogP contribution in [0.3, 0.4) is 0 Å². The number of aryl methyl sites for hydroxylation is 1. The van der Waals surface area contributed by atoms with Gasteiger partial charge in [0.05, 0.1) is 23.5 Å². The molecule has 132 valence electrons. The van der Waals surface area contributed by atoms with Crippen LogP contribution in [0, 0.1) is 18.8 Å². The Morgan fingerprint density at radius 1 is 1.08 bits per heavy atom. The fourth-order valence-electron chi connectivity index (χ4n) is 2.89. The lowest BCUT2D eigenvalue weighted by atomic mass is 9.81. The Kier molecular flexibility index (Phi) is 5.48. The lowest BCUT2D eigenvalue weighted by molar-refractivity contribution is -0.143. The minimum absolute atomic E-state index is 0.207. The number of aliphatic carboxylic acids is 1. The lowest BCUT2D eigenvalue weighted by Gasteiger charge is -2.25. The molecule has 1 aromatic carbocycles. The fourth-order valence-corrected chi connectivity index (χ4v) is 3.47. The molecule has 1 fully saturated rings. The molecule has 8 heteroatoms. The summed E-state index contributed by atoms with van der Waals surface area (Å²) in [6.45, 7) is 1.85. The Balaban J connectivity index is 2.09. The largest absolute Gasteiger partial charge is 0.481 e. The van der Waals surface area contributed by atoms with Crippen molar-refractivity contribution < 1.29 is 23.1 Å². The van der Waals surface area contributed by atoms with Gasteiger partial charge in [-0.1, -0.05) is 6.07 Å². The van der Waals surface area contributed by atoms with Crippen molar-refractivity contribution in [3.63, 3.8) is 0 Å². The summed E-state index contributed by atoms with van der Waals surface area (Å²) in [6, 6.07) is 5.06. The summed E-state index contributed by atoms with van der Waals surface area (Å²) >= 11 is 0. The number of hydrogen-bond donors (Lipinski definition) is 3. The molecule has 0 bridgehead atoms. The van der Waals surface area contributed by atoms with Crippen LogP contribution in [0.2, 0.25) is 0 Å². The van der Waals surface area contributed by atoms with Gasteiger partial charge in [0.1, 0.15) is 0 Å². The van der Waals surface area contributed by atoms with E-state index in [9.17, 15) is 18.0 Å². The number of carbonyl (C=O) groups excluding carboxylic acids is 1. The summed E-state index contributed by atoms with van der Waals surface area (Å²) in [5.41, 5.74) is 1.61. The number of hydrogen-bond acceptors (Lipinski definition) is 4. The normalized spacial score (nSPS) is 21.1. The van der Waals surface area contributed by atoms with E-state index < -0.39 is 16.0 Å². The van der Waals surface area contributed by atoms with E-state index in [0.29, 0.717) is 37.1 Å². The first-order chi connectivity index (χ1) is 11.2. The third-order valence-electron chi connectivity index (χ3n) is 4.18. The standard InChI is InChI=1S/C16H22N2O5S/c1-10-3-8-13(18-24(2,22)23)14(9-10)17-15(19)11-4-6-12(7-5-11)16(20)21/h3,8-9,11-12,18H,4-7H2,1-2H3,(H,17,19)(H,20,21). The Hall–Kier alpha value is -2.09. The number of carboxylic acid groups (broad SMARTS) is 1. The molecule has 1 amide bonds. The first-order valence-electron chi connectivity index (χ1n) is 7.78. The molecule has 1 aromatic rings. The molecule has 0 aromatic heterocycles. The molecular formula is C16H22N2O5S. The van der Waals surface area contributed by atoms with Crippen LogP contribution in [0.15, 0.2) is 18.2 Å². The summed E-state index contributed by atoms with van der Waals surface area (Å²) in [7, 11) is -3.46. The average molecular weight is 354 g/mol. The number of sulfonamides is 1. The summed E-state index contributed by atoms with van der Waals surface area (Å²) in [6.07, 6.45) is 3.05. The second kappa shape index (κ2) is 7.21. The molecule has 2 rings (SSSR count). The van der Waals surface area contributed by atoms with E-state index in [2.05, 4.69) is 10.0 Å². The van der Waals surface area contributed by atoms with Gasteiger partial charge in [-0.15, -0.1) is 0 Å². The van der Waals surface area contributed by atoms with Gasteiger partial charge in [-0.3, -0.25) is 14.3 Å². The van der Waals surface area contributed by atoms with Crippen LogP contribution in [0.5, 0.6) is 0 Å². The van der Waals surface area contributed by atoms with E-state index in [1.165, 1.54) is 0 Å². The highest BCUT2D eigenvalue weighted by Crippen LogP contribution is 2.31. The predicted molar refractivity (Wildman–Crippen MR) is 91.4 cm³/mol. The van der Waals surface area contributed by atoms with Gasteiger partial charge < -0.3 is 10.4 Å². The minimum Gasteiger partial charge on any atom is -0.481 e. The zero-order chi connectivity index (χ0) is 17.9. The van der Waals surface area contributed by atoms with Crippen molar-refractivity contribution in [3.8, 4) is 0 Å². The molecule has 7 nitrogen and oxygen atoms in total. The topological polar surface area (TPSA) is 113 Å². The Bertz CT molecular complexity index is 737. The molecule has 0 radical (unpaired) electrons. The third-order valence-corrected chi connectivity index (χ3v) is 4.77. The molecule has 0 spiro atoms. The molecule has 3 N–H and O–H groups in total. The zero-order valence-corrected chi connectivity index (χ0v) is 14.5. The first kappa shape index (κ1) is 18.3. The second-order valence-electron chi connectivity index (χ2n) is 6.30. The summed E-state index contributed by atoms with van der Waals surface area (Å²) in [4.78, 5) is 23.4. The highest BCUT2D eigenvalue weighted by atomic mass is 32.2. The van der Waals surface area contributed by atoms with Crippen LogP contribution in [0.4, 0.5) is 11.4 Å². The number of carboxylic acids is 1. The van der Waals surface area contributed by atoms with Gasteiger partial charge in [0.15, 0.2) is 0 Å². The number of anilines is 2. The maximum atomic E-state index is 12.4. The van der Waals surface area contributed by atoms with Crippen LogP contribution in [-0.2, 0) is 19.6 Å². The van der Waals surface area contributed by atoms with E-state index in [1.807, 2.05) is 6.92 Å². The molecular weight excluding hydrogens is 332 g/mol. The lowest BCUT2D eigenvalue weighted by Crippen LogP contribution is -2.29. The van der Waals surface area contributed by atoms with Gasteiger partial charge in [0, 0.05) is 5.92 Å². The molecule has 0 atom stereocenters. The number of nitrogens with one attached hydrogen (secondary N) is 2. The summed E-state index contributed by atoms with van der Waals surface area (Å²) < 4.78 is 25.3. The predicted octanol–water partition coefficient (Wildman–Crippen LogP) is 2.20. The number of rotatable bonds is 5. The Morgan fingerprint density at radius 2 is 1.67 bits per heavy atom. The van der Waals surface area contributed by atoms with E-state index in [4.69, 9.17) is 5.11 Å². The number of amides is 1. The van der Waals surface area contributed by atoms with Crippen LogP contribution in [-0.4, -0.2) is 31.7 Å². The van der Waals surface area contributed by atoms with Gasteiger partial charge >= 0.3 is 5.97 Å². The minimum atomic E-state index is -3.46. The summed E-state index contributed by atoms with van der Waals surface area (Å²) in [5, 5.41) is 11.8. The molecule has 1 saturated carbocycles. The highest BCUT2D eigenvalue weighted by molar-refractivity contribution is 7.92. The number of carbonyl (C=O) groups is 2. The molecule has 0 unspecified atom stereocenters. The third kappa shape index (κ3) is 4.95. The van der Waals surface area contributed by atoms with E-state index >= 15 is 0 Å². The zero-order valence-electron chi connectivity index (χ0n) is 13.7. The second-order valence-corrected chi connectivity index (χ2v) is 8.05. The van der Waals surface area contributed by atoms with E-state index in [-0.39, 0.29) is 17.7 Å². The SMILES string of the molecule is Cc1ccc(NS(C)(=O)=O)c(NC(=O)C2CCC(C(=O)O)CC2)c1. The molecule has 0 aliphatic heterocycles. The fraction of sp³-hybridized carbons (Fsp3) is 0.500. The van der Waals surface area contributed by atoms with Crippen LogP contribution in [0.1, 0.15) is 31.2 Å². The highest BCUT2D eigenvalue weighted by Gasteiger charge is 2.30. The van der Waals surface area contributed by atoms with E-state index in [1.54, 1.807) is 18.2 Å². The van der Waals surface area contributed by atoms with Gasteiger partial charge in [0.25, 0.3) is 0 Å². The van der Waals surface area contributed by atoms with Crippen molar-refractivity contribution in [1.29, 1.82) is 0 Å². The number of benzene rings is 1. The molecule has 1 aliphatic rings. The quantitative estimate of drug-likeness (QED) is 0.750. The van der Waals surface area contributed by atoms with Crippen LogP contribution >= 0.6 is 0 Å². The monoisotopic (exact) mass is 354 g/mol. The van der Waals surface area contributed by atoms with Crippen molar-refractivity contribution >= 4 is 33.3 Å². The van der Waals surface area contributed by atoms with Gasteiger partial charge in [-0.25, -0.2) is 8.42 Å². The van der Waals surface area contributed by atoms with Crippen LogP contribution in [0.25, 0.3) is 0 Å². The first-order valence-corrected chi connectivity index (χ1v) is 9.67. The van der Waals surface area contributed by atoms with Crippen molar-refractivity contribution in [2.75, 3.05) is 16.3 Å². The Morgan fingerprint density at radius 3 is 2.21 bits per heavy atom.